The number of hydrogen-bond acceptors (Lipinski definition) is 15. The molecule has 0 atom stereocenters. The summed E-state index contributed by atoms with van der Waals surface area (Å²) in [6.45, 7) is 3.13. The molecule has 20 heteroatoms. The summed E-state index contributed by atoms with van der Waals surface area (Å²) in [4.78, 5) is 33.3. The van der Waals surface area contributed by atoms with Crippen LogP contribution in [0.2, 0.25) is 0 Å². The Morgan fingerprint density at radius 3 is 1.77 bits per heavy atom. The first-order valence-corrected chi connectivity index (χ1v) is 25.9. The second-order valence-corrected chi connectivity index (χ2v) is 21.1. The number of sulfonamides is 2. The van der Waals surface area contributed by atoms with Gasteiger partial charge in [-0.1, -0.05) is 36.4 Å². The number of hydrogen-bond donors (Lipinski definition) is 3. The van der Waals surface area contributed by atoms with Crippen LogP contribution in [0.3, 0.4) is 0 Å². The van der Waals surface area contributed by atoms with Gasteiger partial charge in [-0.25, -0.2) is 41.5 Å². The molecule has 2 aliphatic heterocycles. The van der Waals surface area contributed by atoms with E-state index in [1.54, 1.807) is 63.7 Å². The van der Waals surface area contributed by atoms with Crippen molar-refractivity contribution in [2.75, 3.05) is 45.7 Å². The Hall–Kier alpha value is -7.02. The first-order valence-electron chi connectivity index (χ1n) is 22.7. The molecule has 0 spiro atoms. The summed E-state index contributed by atoms with van der Waals surface area (Å²) in [5.74, 6) is 1.68. The monoisotopic (exact) mass is 986 g/mol. The minimum Gasteiger partial charge on any atom is -0.481 e. The number of anilines is 1. The van der Waals surface area contributed by atoms with Crippen LogP contribution in [0.15, 0.2) is 110 Å². The van der Waals surface area contributed by atoms with Crippen LogP contribution in [-0.4, -0.2) is 104 Å². The second kappa shape index (κ2) is 22.2. The van der Waals surface area contributed by atoms with E-state index < -0.39 is 36.6 Å². The number of nitrogens with two attached hydrogens (primary N) is 1. The average Bonchev–Trinajstić information content (AvgIpc) is 4.03. The zero-order valence-electron chi connectivity index (χ0n) is 38.8. The van der Waals surface area contributed by atoms with Gasteiger partial charge in [0.05, 0.1) is 19.9 Å². The number of amides is 2. The Morgan fingerprint density at radius 2 is 1.24 bits per heavy atom. The molecule has 2 amide bonds. The number of ether oxygens (including phenoxy) is 3. The lowest BCUT2D eigenvalue weighted by Crippen LogP contribution is -2.58. The average molecular weight is 987 g/mol. The van der Waals surface area contributed by atoms with Crippen LogP contribution in [0.1, 0.15) is 46.2 Å². The second-order valence-electron chi connectivity index (χ2n) is 17.3. The molecule has 6 aromatic rings. The number of aromatic nitrogens is 4. The Labute approximate surface area is 408 Å². The fraction of sp³-hybridized carbons (Fsp3) is 0.320. The molecule has 2 saturated heterocycles. The molecular formula is C50H54N10O8S2. The number of aryl methyl sites for hydroxylation is 2. The topological polar surface area (TPSA) is 245 Å². The van der Waals surface area contributed by atoms with E-state index in [0.29, 0.717) is 55.9 Å². The van der Waals surface area contributed by atoms with Gasteiger partial charge in [-0.05, 0) is 107 Å². The molecule has 364 valence electrons. The van der Waals surface area contributed by atoms with Gasteiger partial charge in [-0.15, -0.1) is 5.26 Å². The fourth-order valence-electron chi connectivity index (χ4n) is 9.01. The van der Waals surface area contributed by atoms with Gasteiger partial charge in [-0.3, -0.25) is 19.8 Å². The number of nitrogens with zero attached hydrogens (tertiary/aromatic N) is 7. The number of carbonyl (C=O) groups is 1. The number of primary sulfonamides is 1. The highest BCUT2D eigenvalue weighted by Crippen LogP contribution is 2.40. The minimum atomic E-state index is -3.82. The number of fused-ring (bicyclic) bond motifs is 2. The molecule has 2 aromatic carbocycles. The smallest absolute Gasteiger partial charge is 0.332 e. The maximum absolute atomic E-state index is 12.9. The zero-order chi connectivity index (χ0) is 49.3. The molecule has 4 aliphatic rings. The summed E-state index contributed by atoms with van der Waals surface area (Å²) in [6.07, 6.45) is 18.0. The number of urea groups is 1. The molecule has 18 nitrogen and oxygen atoms in total. The van der Waals surface area contributed by atoms with Crippen molar-refractivity contribution in [3.05, 3.63) is 143 Å². The molecule has 0 bridgehead atoms. The van der Waals surface area contributed by atoms with Crippen LogP contribution in [0.25, 0.3) is 22.3 Å². The number of methoxy groups -OCH3 is 2. The van der Waals surface area contributed by atoms with Gasteiger partial charge in [0, 0.05) is 99.7 Å². The Bertz CT molecular complexity index is 3080. The molecule has 70 heavy (non-hydrogen) atoms. The van der Waals surface area contributed by atoms with E-state index in [1.807, 2.05) is 64.4 Å². The van der Waals surface area contributed by atoms with Crippen molar-refractivity contribution in [2.45, 2.75) is 62.1 Å². The van der Waals surface area contributed by atoms with Crippen molar-refractivity contribution < 1.29 is 35.8 Å². The van der Waals surface area contributed by atoms with E-state index in [2.05, 4.69) is 42.1 Å². The maximum Gasteiger partial charge on any atom is 0.332 e. The summed E-state index contributed by atoms with van der Waals surface area (Å²) in [7, 11) is -4.04. The quantitative estimate of drug-likeness (QED) is 0.119. The number of pyridine rings is 4. The number of nitrogens with one attached hydrogen (secondary N) is 2. The highest BCUT2D eigenvalue weighted by molar-refractivity contribution is 7.90. The van der Waals surface area contributed by atoms with Gasteiger partial charge in [0.1, 0.15) is 10.5 Å². The van der Waals surface area contributed by atoms with Gasteiger partial charge < -0.3 is 19.5 Å². The molecule has 10 rings (SSSR count). The van der Waals surface area contributed by atoms with Crippen LogP contribution in [0, 0.1) is 11.5 Å². The van der Waals surface area contributed by atoms with Crippen LogP contribution < -0.4 is 29.4 Å². The lowest BCUT2D eigenvalue weighted by Gasteiger charge is -2.38. The predicted octanol–water partition coefficient (Wildman–Crippen LogP) is 5.64. The molecule has 2 aliphatic carbocycles. The van der Waals surface area contributed by atoms with Gasteiger partial charge in [-0.2, -0.15) is 0 Å². The third-order valence-electron chi connectivity index (χ3n) is 12.7. The normalized spacial score (nSPS) is 15.5. The summed E-state index contributed by atoms with van der Waals surface area (Å²) >= 11 is 0. The van der Waals surface area contributed by atoms with Crippen molar-refractivity contribution >= 4 is 31.8 Å². The van der Waals surface area contributed by atoms with E-state index in [1.165, 1.54) is 5.56 Å². The zero-order valence-corrected chi connectivity index (χ0v) is 40.5. The molecule has 4 aromatic heterocycles. The lowest BCUT2D eigenvalue weighted by molar-refractivity contribution is 0.175. The fourth-order valence-corrected chi connectivity index (χ4v) is 11.1. The molecular weight excluding hydrogens is 933 g/mol. The van der Waals surface area contributed by atoms with Crippen molar-refractivity contribution in [3.8, 4) is 46.0 Å². The molecule has 2 fully saturated rings. The number of rotatable bonds is 13. The Kier molecular flexibility index (Phi) is 15.6. The number of benzene rings is 2. The highest BCUT2D eigenvalue weighted by atomic mass is 32.2. The largest absolute Gasteiger partial charge is 0.481 e. The standard InChI is InChI=1S/C25H27N5O4S.C16H14N2O2.C9H13N3O2S/c1-34-23-12-19(9-11-27-23)22-8-7-18-5-2-6-21(18)24(22)28-25(31)29-35(32,33)20-15-30(16-20)14-17-4-3-10-26-13-17;1-19-15-9-12(7-8-18-15)14-6-5-11-3-2-4-13(11)16(14)20-10-17;10-15(13,14)9-6-12(7-9)5-8-2-1-3-11-4-8/h3-4,7-13,20H,2,5-6,14-16H2,1H3,(H2,28,29,31);5-9H,2-4H2,1H3;1-4,9H,5-7H2,(H2,10,13,14). The molecule has 4 N–H and O–H groups in total. The third-order valence-corrected chi connectivity index (χ3v) is 15.5. The van der Waals surface area contributed by atoms with Crippen LogP contribution >= 0.6 is 0 Å². The van der Waals surface area contributed by atoms with Crippen molar-refractivity contribution in [2.24, 2.45) is 5.14 Å². The van der Waals surface area contributed by atoms with Gasteiger partial charge in [0.25, 0.3) is 6.26 Å². The van der Waals surface area contributed by atoms with Crippen LogP contribution in [0.5, 0.6) is 17.5 Å². The predicted molar refractivity (Wildman–Crippen MR) is 264 cm³/mol. The maximum atomic E-state index is 12.9. The van der Waals surface area contributed by atoms with E-state index in [0.717, 1.165) is 95.1 Å². The SMILES string of the molecule is COc1cc(-c2ccc3c(c2NC(=O)NS(=O)(=O)C2CN(Cc4cccnc4)C2)CCC3)ccn1.COc1cc(-c2ccc3c(c2OC#N)CCC3)ccn1.NS(=O)(=O)C1CN(Cc2cccnc2)C1. The Morgan fingerprint density at radius 1 is 0.714 bits per heavy atom. The van der Waals surface area contributed by atoms with Gasteiger partial charge in [0.2, 0.25) is 31.8 Å². The van der Waals surface area contributed by atoms with E-state index in [4.69, 9.17) is 24.6 Å². The van der Waals surface area contributed by atoms with Crippen molar-refractivity contribution in [1.82, 2.24) is 34.5 Å². The minimum absolute atomic E-state index is 0.361. The first kappa shape index (κ1) is 49.4. The summed E-state index contributed by atoms with van der Waals surface area (Å²) in [5.41, 5.74) is 10.9. The van der Waals surface area contributed by atoms with Crippen molar-refractivity contribution in [3.63, 3.8) is 0 Å². The first-order chi connectivity index (χ1) is 33.8. The summed E-state index contributed by atoms with van der Waals surface area (Å²) < 4.78 is 65.5. The number of likely N-dealkylation sites (tertiary alicyclic amines) is 2. The van der Waals surface area contributed by atoms with E-state index >= 15 is 0 Å². The molecule has 0 unspecified atom stereocenters. The lowest BCUT2D eigenvalue weighted by atomic mass is 9.98. The number of nitriles is 1. The van der Waals surface area contributed by atoms with E-state index in [9.17, 15) is 21.6 Å². The Balaban J connectivity index is 0.000000158. The van der Waals surface area contributed by atoms with Gasteiger partial charge >= 0.3 is 6.03 Å². The van der Waals surface area contributed by atoms with Crippen LogP contribution in [0.4, 0.5) is 10.5 Å². The molecule has 0 radical (unpaired) electrons. The molecule has 0 saturated carbocycles. The van der Waals surface area contributed by atoms with Crippen molar-refractivity contribution in [1.29, 1.82) is 5.26 Å². The summed E-state index contributed by atoms with van der Waals surface area (Å²) in [5, 5.41) is 15.8. The summed E-state index contributed by atoms with van der Waals surface area (Å²) in [6, 6.07) is 22.4. The third kappa shape index (κ3) is 12.0. The van der Waals surface area contributed by atoms with Crippen LogP contribution in [-0.2, 0) is 58.8 Å². The molecule has 6 heterocycles. The van der Waals surface area contributed by atoms with Gasteiger partial charge in [0.15, 0.2) is 5.75 Å². The van der Waals surface area contributed by atoms with E-state index in [-0.39, 0.29) is 0 Å². The number of carbonyl (C=O) groups excluding carboxylic acids is 1. The highest BCUT2D eigenvalue weighted by Gasteiger charge is 2.38.